The van der Waals surface area contributed by atoms with Gasteiger partial charge in [-0.05, 0) is 30.4 Å². The molecular formula is C14H15F3N2O. The van der Waals surface area contributed by atoms with Crippen molar-refractivity contribution >= 4 is 16.6 Å². The molecule has 2 aromatic rings. The lowest BCUT2D eigenvalue weighted by Gasteiger charge is -2.08. The van der Waals surface area contributed by atoms with Crippen molar-refractivity contribution in [1.82, 2.24) is 4.98 Å². The first-order valence-corrected chi connectivity index (χ1v) is 6.38. The molecule has 1 heterocycles. The van der Waals surface area contributed by atoms with Crippen LogP contribution in [0.25, 0.3) is 10.8 Å². The van der Waals surface area contributed by atoms with E-state index in [-0.39, 0.29) is 12.0 Å². The van der Waals surface area contributed by atoms with Crippen LogP contribution in [-0.2, 0) is 0 Å². The smallest absolute Gasteiger partial charge is 0.372 e. The monoisotopic (exact) mass is 284 g/mol. The highest BCUT2D eigenvalue weighted by Gasteiger charge is 2.25. The molecule has 0 aliphatic rings. The zero-order valence-electron chi connectivity index (χ0n) is 10.8. The summed E-state index contributed by atoms with van der Waals surface area (Å²) in [6.07, 6.45) is -4.40. The number of aromatic nitrogens is 1. The Balaban J connectivity index is 1.92. The van der Waals surface area contributed by atoms with Gasteiger partial charge in [-0.25, -0.2) is 0 Å². The SMILES string of the molecule is O=c1[nH]c(NCCCCC(F)(F)F)cc2ccccc12. The lowest BCUT2D eigenvalue weighted by Crippen LogP contribution is -2.12. The minimum atomic E-state index is -4.10. The molecule has 1 aromatic carbocycles. The number of alkyl halides is 3. The molecule has 0 spiro atoms. The molecular weight excluding hydrogens is 269 g/mol. The molecule has 0 amide bonds. The van der Waals surface area contributed by atoms with E-state index in [0.717, 1.165) is 5.39 Å². The second-order valence-corrected chi connectivity index (χ2v) is 4.60. The maximum Gasteiger partial charge on any atom is 0.389 e. The normalized spacial score (nSPS) is 11.8. The maximum absolute atomic E-state index is 12.0. The van der Waals surface area contributed by atoms with Gasteiger partial charge >= 0.3 is 6.18 Å². The quantitative estimate of drug-likeness (QED) is 0.823. The summed E-state index contributed by atoms with van der Waals surface area (Å²) < 4.78 is 35.9. The van der Waals surface area contributed by atoms with E-state index in [1.165, 1.54) is 0 Å². The lowest BCUT2D eigenvalue weighted by molar-refractivity contribution is -0.135. The van der Waals surface area contributed by atoms with Gasteiger partial charge in [0.2, 0.25) is 0 Å². The number of rotatable bonds is 5. The molecule has 0 saturated carbocycles. The van der Waals surface area contributed by atoms with Gasteiger partial charge in [0.05, 0.1) is 0 Å². The predicted molar refractivity (Wildman–Crippen MR) is 73.0 cm³/mol. The topological polar surface area (TPSA) is 44.9 Å². The highest BCUT2D eigenvalue weighted by molar-refractivity contribution is 5.83. The number of fused-ring (bicyclic) bond motifs is 1. The molecule has 0 unspecified atom stereocenters. The molecule has 0 aliphatic heterocycles. The summed E-state index contributed by atoms with van der Waals surface area (Å²) in [6.45, 7) is 0.393. The van der Waals surface area contributed by atoms with Crippen LogP contribution in [0.1, 0.15) is 19.3 Å². The molecule has 6 heteroatoms. The Bertz CT molecular complexity index is 634. The van der Waals surface area contributed by atoms with Crippen LogP contribution in [0, 0.1) is 0 Å². The second-order valence-electron chi connectivity index (χ2n) is 4.60. The number of H-pyrrole nitrogens is 1. The summed E-state index contributed by atoms with van der Waals surface area (Å²) in [7, 11) is 0. The zero-order chi connectivity index (χ0) is 14.6. The second kappa shape index (κ2) is 5.98. The molecule has 0 aliphatic carbocycles. The lowest BCUT2D eigenvalue weighted by atomic mass is 10.2. The third-order valence-electron chi connectivity index (χ3n) is 2.96. The van der Waals surface area contributed by atoms with Crippen LogP contribution in [0.2, 0.25) is 0 Å². The van der Waals surface area contributed by atoms with Crippen LogP contribution in [0.15, 0.2) is 35.1 Å². The Hall–Kier alpha value is -1.98. The van der Waals surface area contributed by atoms with Crippen molar-refractivity contribution in [2.75, 3.05) is 11.9 Å². The average Bonchev–Trinajstić information content (AvgIpc) is 2.37. The Kier molecular flexibility index (Phi) is 4.32. The number of unbranched alkanes of at least 4 members (excludes halogenated alkanes) is 1. The van der Waals surface area contributed by atoms with E-state index in [1.807, 2.05) is 12.1 Å². The van der Waals surface area contributed by atoms with Gasteiger partial charge in [-0.3, -0.25) is 4.79 Å². The van der Waals surface area contributed by atoms with Crippen molar-refractivity contribution in [2.45, 2.75) is 25.4 Å². The van der Waals surface area contributed by atoms with Crippen LogP contribution in [-0.4, -0.2) is 17.7 Å². The first-order chi connectivity index (χ1) is 9.46. The number of hydrogen-bond donors (Lipinski definition) is 2. The summed E-state index contributed by atoms with van der Waals surface area (Å²) in [5.74, 6) is 0.528. The van der Waals surface area contributed by atoms with Gasteiger partial charge in [-0.1, -0.05) is 18.2 Å². The Morgan fingerprint density at radius 2 is 1.90 bits per heavy atom. The van der Waals surface area contributed by atoms with Gasteiger partial charge in [0.25, 0.3) is 5.56 Å². The van der Waals surface area contributed by atoms with Crippen molar-refractivity contribution < 1.29 is 13.2 Å². The van der Waals surface area contributed by atoms with Gasteiger partial charge in [-0.2, -0.15) is 13.2 Å². The minimum Gasteiger partial charge on any atom is -0.372 e. The molecule has 1 aromatic heterocycles. The van der Waals surface area contributed by atoms with Gasteiger partial charge < -0.3 is 10.3 Å². The molecule has 0 fully saturated rings. The first-order valence-electron chi connectivity index (χ1n) is 6.38. The molecule has 0 bridgehead atoms. The predicted octanol–water partition coefficient (Wildman–Crippen LogP) is 3.67. The van der Waals surface area contributed by atoms with E-state index in [1.54, 1.807) is 18.2 Å². The van der Waals surface area contributed by atoms with Crippen molar-refractivity contribution in [1.29, 1.82) is 0 Å². The minimum absolute atomic E-state index is 0.0777. The first kappa shape index (κ1) is 14.4. The Labute approximate surface area is 113 Å². The summed E-state index contributed by atoms with van der Waals surface area (Å²) in [5.41, 5.74) is -0.208. The fourth-order valence-corrected chi connectivity index (χ4v) is 1.98. The van der Waals surface area contributed by atoms with Crippen LogP contribution < -0.4 is 10.9 Å². The van der Waals surface area contributed by atoms with Crippen molar-refractivity contribution in [3.8, 4) is 0 Å². The molecule has 108 valence electrons. The highest BCUT2D eigenvalue weighted by Crippen LogP contribution is 2.22. The standard InChI is InChI=1S/C14H15F3N2O/c15-14(16,17)7-3-4-8-18-12-9-10-5-1-2-6-11(10)13(20)19-12/h1-2,5-6,9H,3-4,7-8H2,(H2,18,19,20). The number of benzene rings is 1. The van der Waals surface area contributed by atoms with Gasteiger partial charge in [0.15, 0.2) is 0 Å². The molecule has 2 N–H and O–H groups in total. The Morgan fingerprint density at radius 1 is 1.15 bits per heavy atom. The molecule has 0 radical (unpaired) electrons. The average molecular weight is 284 g/mol. The summed E-state index contributed by atoms with van der Waals surface area (Å²) in [6, 6.07) is 8.93. The number of nitrogens with one attached hydrogen (secondary N) is 2. The summed E-state index contributed by atoms with van der Waals surface area (Å²) in [5, 5.41) is 4.33. The summed E-state index contributed by atoms with van der Waals surface area (Å²) >= 11 is 0. The maximum atomic E-state index is 12.0. The van der Waals surface area contributed by atoms with E-state index in [9.17, 15) is 18.0 Å². The van der Waals surface area contributed by atoms with Crippen molar-refractivity contribution in [3.05, 3.63) is 40.7 Å². The number of hydrogen-bond acceptors (Lipinski definition) is 2. The molecule has 3 nitrogen and oxygen atoms in total. The molecule has 0 saturated heterocycles. The third kappa shape index (κ3) is 4.01. The third-order valence-corrected chi connectivity index (χ3v) is 2.96. The fraction of sp³-hybridized carbons (Fsp3) is 0.357. The number of halogens is 3. The zero-order valence-corrected chi connectivity index (χ0v) is 10.8. The van der Waals surface area contributed by atoms with Gasteiger partial charge in [-0.15, -0.1) is 0 Å². The van der Waals surface area contributed by atoms with Gasteiger partial charge in [0.1, 0.15) is 5.82 Å². The van der Waals surface area contributed by atoms with Crippen LogP contribution in [0.5, 0.6) is 0 Å². The highest BCUT2D eigenvalue weighted by atomic mass is 19.4. The van der Waals surface area contributed by atoms with E-state index < -0.39 is 12.6 Å². The van der Waals surface area contributed by atoms with Crippen LogP contribution >= 0.6 is 0 Å². The number of anilines is 1. The Morgan fingerprint density at radius 3 is 2.65 bits per heavy atom. The molecule has 2 rings (SSSR count). The van der Waals surface area contributed by atoms with Crippen molar-refractivity contribution in [2.24, 2.45) is 0 Å². The fourth-order valence-electron chi connectivity index (χ4n) is 1.98. The number of aromatic amines is 1. The molecule has 20 heavy (non-hydrogen) atoms. The van der Waals surface area contributed by atoms with E-state index >= 15 is 0 Å². The van der Waals surface area contributed by atoms with Crippen LogP contribution in [0.3, 0.4) is 0 Å². The number of pyridine rings is 1. The van der Waals surface area contributed by atoms with Gasteiger partial charge in [0, 0.05) is 18.4 Å². The largest absolute Gasteiger partial charge is 0.389 e. The van der Waals surface area contributed by atoms with Crippen molar-refractivity contribution in [3.63, 3.8) is 0 Å². The van der Waals surface area contributed by atoms with Crippen LogP contribution in [0.4, 0.5) is 19.0 Å². The van der Waals surface area contributed by atoms with E-state index in [4.69, 9.17) is 0 Å². The summed E-state index contributed by atoms with van der Waals surface area (Å²) in [4.78, 5) is 14.4. The molecule has 0 atom stereocenters. The van der Waals surface area contributed by atoms with E-state index in [2.05, 4.69) is 10.3 Å². The van der Waals surface area contributed by atoms with E-state index in [0.29, 0.717) is 24.2 Å².